The summed E-state index contributed by atoms with van der Waals surface area (Å²) in [4.78, 5) is 38.8. The van der Waals surface area contributed by atoms with Crippen LogP contribution >= 0.6 is 0 Å². The summed E-state index contributed by atoms with van der Waals surface area (Å²) in [6, 6.07) is 7.85. The van der Waals surface area contributed by atoms with Gasteiger partial charge in [-0.15, -0.1) is 0 Å². The SMILES string of the molecule is CC12CCC(=O)C=C1CC[C@@H]1[C@@H]2[C@@H](O)CC2(C)[C@H]1CC[C@]2(OC(=O)CCS(=O)(=O)c1ccccc1)C(=O)CO. The Bertz CT molecular complexity index is 1300. The number of carbonyl (C=O) groups is 3. The molecule has 0 spiro atoms. The van der Waals surface area contributed by atoms with Crippen LogP contribution in [0.15, 0.2) is 46.9 Å². The monoisotopic (exact) mass is 558 g/mol. The van der Waals surface area contributed by atoms with Crippen molar-refractivity contribution in [1.82, 2.24) is 0 Å². The van der Waals surface area contributed by atoms with Gasteiger partial charge in [0.1, 0.15) is 6.61 Å². The number of benzene rings is 1. The molecule has 9 heteroatoms. The minimum absolute atomic E-state index is 0.0294. The summed E-state index contributed by atoms with van der Waals surface area (Å²) >= 11 is 0. The number of allylic oxidation sites excluding steroid dienone is 1. The minimum Gasteiger partial charge on any atom is -0.450 e. The molecule has 1 aromatic carbocycles. The predicted molar refractivity (Wildman–Crippen MR) is 142 cm³/mol. The van der Waals surface area contributed by atoms with Gasteiger partial charge in [0.2, 0.25) is 5.78 Å². The summed E-state index contributed by atoms with van der Waals surface area (Å²) < 4.78 is 31.4. The van der Waals surface area contributed by atoms with Crippen molar-refractivity contribution < 1.29 is 37.8 Å². The van der Waals surface area contributed by atoms with Gasteiger partial charge in [0, 0.05) is 11.8 Å². The number of rotatable bonds is 7. The molecule has 0 bridgehead atoms. The highest BCUT2D eigenvalue weighted by molar-refractivity contribution is 7.91. The van der Waals surface area contributed by atoms with Gasteiger partial charge in [-0.3, -0.25) is 14.4 Å². The average Bonchev–Trinajstić information content (AvgIpc) is 3.19. The van der Waals surface area contributed by atoms with E-state index in [2.05, 4.69) is 6.92 Å². The zero-order valence-corrected chi connectivity index (χ0v) is 23.4. The number of carbonyl (C=O) groups excluding carboxylic acids is 3. The van der Waals surface area contributed by atoms with E-state index in [1.54, 1.807) is 24.3 Å². The number of sulfone groups is 1. The Morgan fingerprint density at radius 3 is 2.49 bits per heavy atom. The number of aliphatic hydroxyl groups is 2. The fraction of sp³-hybridized carbons (Fsp3) is 0.633. The second-order valence-corrected chi connectivity index (χ2v) is 14.5. The van der Waals surface area contributed by atoms with E-state index in [9.17, 15) is 33.0 Å². The number of ether oxygens (including phenoxy) is 1. The van der Waals surface area contributed by atoms with E-state index < -0.39 is 57.5 Å². The second kappa shape index (κ2) is 9.93. The third-order valence-electron chi connectivity index (χ3n) is 10.6. The molecule has 0 heterocycles. The van der Waals surface area contributed by atoms with Gasteiger partial charge in [-0.2, -0.15) is 0 Å². The molecule has 212 valence electrons. The van der Waals surface area contributed by atoms with Crippen LogP contribution in [-0.4, -0.2) is 60.2 Å². The van der Waals surface area contributed by atoms with Crippen LogP contribution in [0.2, 0.25) is 0 Å². The standard InChI is InChI=1S/C30H38O8S/c1-28-13-10-20(32)16-19(28)8-9-22-23-11-14-30(25(34)18-31,29(23,2)17-24(33)27(22)28)38-26(35)12-15-39(36,37)21-6-4-3-5-7-21/h3-7,16,22-24,27,31,33H,8-15,17-18H2,1-2H3/t22-,23-,24-,27+,28?,29?,30-/m0/s1. The molecule has 0 aliphatic heterocycles. The van der Waals surface area contributed by atoms with Crippen LogP contribution < -0.4 is 0 Å². The van der Waals surface area contributed by atoms with E-state index in [1.165, 1.54) is 12.1 Å². The Balaban J connectivity index is 1.41. The van der Waals surface area contributed by atoms with Crippen LogP contribution in [0.4, 0.5) is 0 Å². The molecule has 3 fully saturated rings. The molecule has 1 aromatic rings. The molecule has 4 aliphatic carbocycles. The number of hydrogen-bond donors (Lipinski definition) is 2. The lowest BCUT2D eigenvalue weighted by molar-refractivity contribution is -0.202. The topological polar surface area (TPSA) is 135 Å². The highest BCUT2D eigenvalue weighted by atomic mass is 32.2. The molecule has 7 atom stereocenters. The van der Waals surface area contributed by atoms with Crippen LogP contribution in [-0.2, 0) is 29.0 Å². The van der Waals surface area contributed by atoms with E-state index in [1.807, 2.05) is 6.92 Å². The van der Waals surface area contributed by atoms with Crippen LogP contribution in [0.3, 0.4) is 0 Å². The molecule has 2 N–H and O–H groups in total. The number of esters is 1. The summed E-state index contributed by atoms with van der Waals surface area (Å²) in [5.41, 5.74) is -1.74. The Morgan fingerprint density at radius 2 is 1.79 bits per heavy atom. The highest BCUT2D eigenvalue weighted by Crippen LogP contribution is 2.68. The first-order valence-corrected chi connectivity index (χ1v) is 15.6. The largest absolute Gasteiger partial charge is 0.450 e. The van der Waals surface area contributed by atoms with Gasteiger partial charge in [0.25, 0.3) is 0 Å². The molecule has 4 aliphatic rings. The van der Waals surface area contributed by atoms with Crippen LogP contribution in [0, 0.1) is 28.6 Å². The third kappa shape index (κ3) is 4.41. The third-order valence-corrected chi connectivity index (χ3v) is 12.3. The normalized spacial score (nSPS) is 37.7. The van der Waals surface area contributed by atoms with Crippen molar-refractivity contribution in [3.63, 3.8) is 0 Å². The van der Waals surface area contributed by atoms with Crippen molar-refractivity contribution in [2.45, 2.75) is 81.8 Å². The summed E-state index contributed by atoms with van der Waals surface area (Å²) in [6.45, 7) is 3.21. The summed E-state index contributed by atoms with van der Waals surface area (Å²) in [6.07, 6.45) is 4.26. The van der Waals surface area contributed by atoms with Crippen molar-refractivity contribution in [2.75, 3.05) is 12.4 Å². The maximum Gasteiger partial charge on any atom is 0.307 e. The predicted octanol–water partition coefficient (Wildman–Crippen LogP) is 3.20. The van der Waals surface area contributed by atoms with E-state index in [0.717, 1.165) is 18.4 Å². The molecule has 5 rings (SSSR count). The minimum atomic E-state index is -3.72. The van der Waals surface area contributed by atoms with Gasteiger partial charge >= 0.3 is 5.97 Å². The Kier molecular flexibility index (Phi) is 7.17. The summed E-state index contributed by atoms with van der Waals surface area (Å²) in [5.74, 6) is -1.78. The fourth-order valence-electron chi connectivity index (χ4n) is 8.69. The lowest BCUT2D eigenvalue weighted by Gasteiger charge is -2.60. The molecular formula is C30H38O8S. The van der Waals surface area contributed by atoms with Crippen molar-refractivity contribution in [2.24, 2.45) is 28.6 Å². The number of ketones is 2. The highest BCUT2D eigenvalue weighted by Gasteiger charge is 2.70. The number of Topliss-reactive ketones (excluding diaryl/α,β-unsaturated/α-hetero) is 1. The van der Waals surface area contributed by atoms with Crippen LogP contribution in [0.5, 0.6) is 0 Å². The summed E-state index contributed by atoms with van der Waals surface area (Å²) in [7, 11) is -3.72. The van der Waals surface area contributed by atoms with Gasteiger partial charge in [-0.25, -0.2) is 8.42 Å². The van der Waals surface area contributed by atoms with Gasteiger partial charge in [-0.05, 0) is 79.9 Å². The molecule has 0 amide bonds. The Labute approximate surface area is 229 Å². The quantitative estimate of drug-likeness (QED) is 0.487. The first kappa shape index (κ1) is 28.2. The van der Waals surface area contributed by atoms with E-state index in [0.29, 0.717) is 19.3 Å². The Morgan fingerprint density at radius 1 is 1.08 bits per heavy atom. The molecule has 0 aromatic heterocycles. The number of fused-ring (bicyclic) bond motifs is 5. The average molecular weight is 559 g/mol. The summed E-state index contributed by atoms with van der Waals surface area (Å²) in [5, 5.41) is 21.6. The first-order chi connectivity index (χ1) is 18.4. The fourth-order valence-corrected chi connectivity index (χ4v) is 9.94. The van der Waals surface area contributed by atoms with Crippen molar-refractivity contribution in [3.05, 3.63) is 42.0 Å². The van der Waals surface area contributed by atoms with Crippen molar-refractivity contribution >= 4 is 27.4 Å². The maximum absolute atomic E-state index is 13.4. The van der Waals surface area contributed by atoms with Gasteiger partial charge in [-0.1, -0.05) is 37.6 Å². The van der Waals surface area contributed by atoms with Crippen LogP contribution in [0.1, 0.15) is 65.2 Å². The molecule has 8 nitrogen and oxygen atoms in total. The van der Waals surface area contributed by atoms with Gasteiger partial charge < -0.3 is 14.9 Å². The second-order valence-electron chi connectivity index (χ2n) is 12.4. The molecule has 0 radical (unpaired) electrons. The Hall–Kier alpha value is -2.36. The van der Waals surface area contributed by atoms with Gasteiger partial charge in [0.05, 0.1) is 23.2 Å². The number of hydrogen-bond acceptors (Lipinski definition) is 8. The molecule has 3 saturated carbocycles. The smallest absolute Gasteiger partial charge is 0.307 e. The lowest BCUT2D eigenvalue weighted by Crippen LogP contribution is -2.63. The van der Waals surface area contributed by atoms with E-state index in [-0.39, 0.29) is 46.7 Å². The van der Waals surface area contributed by atoms with Crippen molar-refractivity contribution in [1.29, 1.82) is 0 Å². The van der Waals surface area contributed by atoms with Crippen LogP contribution in [0.25, 0.3) is 0 Å². The zero-order valence-electron chi connectivity index (χ0n) is 22.6. The molecular weight excluding hydrogens is 520 g/mol. The van der Waals surface area contributed by atoms with E-state index in [4.69, 9.17) is 4.74 Å². The molecule has 39 heavy (non-hydrogen) atoms. The number of aliphatic hydroxyl groups excluding tert-OH is 2. The lowest BCUT2D eigenvalue weighted by atomic mass is 9.45. The van der Waals surface area contributed by atoms with Gasteiger partial charge in [0.15, 0.2) is 21.2 Å². The molecule has 0 saturated heterocycles. The first-order valence-electron chi connectivity index (χ1n) is 13.9. The van der Waals surface area contributed by atoms with Crippen molar-refractivity contribution in [3.8, 4) is 0 Å². The zero-order chi connectivity index (χ0) is 28.2. The molecule has 2 unspecified atom stereocenters. The van der Waals surface area contributed by atoms with E-state index >= 15 is 0 Å². The maximum atomic E-state index is 13.4.